The minimum absolute atomic E-state index is 0. The molecular formula is C16H33ClN2O. The average Bonchev–Trinajstić information content (AvgIpc) is 2.35. The standard InChI is InChI=1S/C16H32N2O.ClH/c1-4-5-6-8-11-16(2,3)17-15(19)14-18-12-9-7-10-13-18;/h4-14H2,1-3H3,(H,17,19);1H. The fourth-order valence-electron chi connectivity index (χ4n) is 2.79. The molecule has 0 spiro atoms. The molecule has 20 heavy (non-hydrogen) atoms. The summed E-state index contributed by atoms with van der Waals surface area (Å²) in [5.74, 6) is 0.197. The third-order valence-corrected chi connectivity index (χ3v) is 3.95. The van der Waals surface area contributed by atoms with E-state index in [1.54, 1.807) is 0 Å². The third-order valence-electron chi connectivity index (χ3n) is 3.95. The van der Waals surface area contributed by atoms with E-state index in [1.165, 1.54) is 44.9 Å². The van der Waals surface area contributed by atoms with Gasteiger partial charge in [-0.05, 0) is 46.2 Å². The van der Waals surface area contributed by atoms with Gasteiger partial charge < -0.3 is 5.32 Å². The van der Waals surface area contributed by atoms with Crippen molar-refractivity contribution in [2.45, 2.75) is 77.7 Å². The smallest absolute Gasteiger partial charge is 0.234 e. The summed E-state index contributed by atoms with van der Waals surface area (Å²) in [5, 5.41) is 3.20. The molecule has 4 heteroatoms. The van der Waals surface area contributed by atoms with Crippen molar-refractivity contribution in [1.82, 2.24) is 10.2 Å². The Kier molecular flexibility index (Phi) is 10.3. The van der Waals surface area contributed by atoms with Gasteiger partial charge in [0.05, 0.1) is 6.54 Å². The molecule has 3 nitrogen and oxygen atoms in total. The molecule has 1 rings (SSSR count). The number of unbranched alkanes of at least 4 members (excludes halogenated alkanes) is 3. The molecular weight excluding hydrogens is 272 g/mol. The molecule has 0 bridgehead atoms. The van der Waals surface area contributed by atoms with Crippen LogP contribution in [0, 0.1) is 0 Å². The fourth-order valence-corrected chi connectivity index (χ4v) is 2.79. The molecule has 0 aromatic carbocycles. The Hall–Kier alpha value is -0.280. The molecule has 1 N–H and O–H groups in total. The normalized spacial score (nSPS) is 16.6. The van der Waals surface area contributed by atoms with Crippen LogP contribution in [0.5, 0.6) is 0 Å². The van der Waals surface area contributed by atoms with Gasteiger partial charge in [0.2, 0.25) is 5.91 Å². The molecule has 120 valence electrons. The highest BCUT2D eigenvalue weighted by atomic mass is 35.5. The summed E-state index contributed by atoms with van der Waals surface area (Å²) >= 11 is 0. The van der Waals surface area contributed by atoms with Gasteiger partial charge >= 0.3 is 0 Å². The van der Waals surface area contributed by atoms with Gasteiger partial charge in [-0.15, -0.1) is 12.4 Å². The van der Waals surface area contributed by atoms with E-state index in [2.05, 4.69) is 31.0 Å². The quantitative estimate of drug-likeness (QED) is 0.693. The highest BCUT2D eigenvalue weighted by molar-refractivity contribution is 5.85. The van der Waals surface area contributed by atoms with Crippen LogP contribution in [0.1, 0.15) is 72.1 Å². The van der Waals surface area contributed by atoms with E-state index in [0.717, 1.165) is 19.5 Å². The van der Waals surface area contributed by atoms with Crippen molar-refractivity contribution in [3.63, 3.8) is 0 Å². The summed E-state index contributed by atoms with van der Waals surface area (Å²) in [6.07, 6.45) is 9.95. The molecule has 0 aromatic rings. The first-order valence-electron chi connectivity index (χ1n) is 8.07. The summed E-state index contributed by atoms with van der Waals surface area (Å²) in [5.41, 5.74) is -0.0549. The summed E-state index contributed by atoms with van der Waals surface area (Å²) < 4.78 is 0. The number of hydrogen-bond acceptors (Lipinski definition) is 2. The van der Waals surface area contributed by atoms with Crippen molar-refractivity contribution in [3.05, 3.63) is 0 Å². The number of nitrogens with zero attached hydrogens (tertiary/aromatic N) is 1. The van der Waals surface area contributed by atoms with Crippen LogP contribution >= 0.6 is 12.4 Å². The van der Waals surface area contributed by atoms with Gasteiger partial charge in [0.1, 0.15) is 0 Å². The highest BCUT2D eigenvalue weighted by Crippen LogP contribution is 2.15. The van der Waals surface area contributed by atoms with E-state index < -0.39 is 0 Å². The average molecular weight is 305 g/mol. The van der Waals surface area contributed by atoms with Crippen molar-refractivity contribution < 1.29 is 4.79 Å². The number of likely N-dealkylation sites (tertiary alicyclic amines) is 1. The number of nitrogens with one attached hydrogen (secondary N) is 1. The Morgan fingerprint density at radius 2 is 1.75 bits per heavy atom. The van der Waals surface area contributed by atoms with E-state index in [9.17, 15) is 4.79 Å². The van der Waals surface area contributed by atoms with E-state index in [4.69, 9.17) is 0 Å². The van der Waals surface area contributed by atoms with Crippen LogP contribution < -0.4 is 5.32 Å². The lowest BCUT2D eigenvalue weighted by Gasteiger charge is -2.30. The largest absolute Gasteiger partial charge is 0.350 e. The molecule has 1 amide bonds. The van der Waals surface area contributed by atoms with Gasteiger partial charge in [0, 0.05) is 5.54 Å². The molecule has 1 saturated heterocycles. The lowest BCUT2D eigenvalue weighted by Crippen LogP contribution is -2.48. The summed E-state index contributed by atoms with van der Waals surface area (Å²) in [7, 11) is 0. The van der Waals surface area contributed by atoms with Crippen molar-refractivity contribution in [2.75, 3.05) is 19.6 Å². The summed E-state index contributed by atoms with van der Waals surface area (Å²) in [6, 6.07) is 0. The van der Waals surface area contributed by atoms with Crippen molar-refractivity contribution in [3.8, 4) is 0 Å². The van der Waals surface area contributed by atoms with Gasteiger partial charge in [-0.2, -0.15) is 0 Å². The fraction of sp³-hybridized carbons (Fsp3) is 0.938. The molecule has 1 fully saturated rings. The van der Waals surface area contributed by atoms with Crippen LogP contribution in [-0.4, -0.2) is 36.0 Å². The second kappa shape index (κ2) is 10.4. The van der Waals surface area contributed by atoms with E-state index >= 15 is 0 Å². The number of amides is 1. The van der Waals surface area contributed by atoms with Crippen molar-refractivity contribution >= 4 is 18.3 Å². The first-order chi connectivity index (χ1) is 9.03. The maximum atomic E-state index is 12.1. The lowest BCUT2D eigenvalue weighted by atomic mass is 9.96. The maximum Gasteiger partial charge on any atom is 0.234 e. The van der Waals surface area contributed by atoms with Crippen LogP contribution in [0.25, 0.3) is 0 Å². The highest BCUT2D eigenvalue weighted by Gasteiger charge is 2.21. The van der Waals surface area contributed by atoms with Crippen LogP contribution in [0.3, 0.4) is 0 Å². The van der Waals surface area contributed by atoms with E-state index in [-0.39, 0.29) is 23.9 Å². The van der Waals surface area contributed by atoms with Crippen LogP contribution in [0.4, 0.5) is 0 Å². The third kappa shape index (κ3) is 8.80. The Balaban J connectivity index is 0.00000361. The summed E-state index contributed by atoms with van der Waals surface area (Å²) in [4.78, 5) is 14.3. The topological polar surface area (TPSA) is 32.3 Å². The van der Waals surface area contributed by atoms with Gasteiger partial charge in [-0.3, -0.25) is 9.69 Å². The van der Waals surface area contributed by atoms with Crippen molar-refractivity contribution in [1.29, 1.82) is 0 Å². The number of halogens is 1. The Morgan fingerprint density at radius 1 is 1.10 bits per heavy atom. The number of carbonyl (C=O) groups excluding carboxylic acids is 1. The Labute approximate surface area is 131 Å². The Morgan fingerprint density at radius 3 is 2.35 bits per heavy atom. The first kappa shape index (κ1) is 19.7. The molecule has 0 aliphatic carbocycles. The Bertz CT molecular complexity index is 263. The predicted molar refractivity (Wildman–Crippen MR) is 88.5 cm³/mol. The molecule has 0 aromatic heterocycles. The minimum Gasteiger partial charge on any atom is -0.350 e. The number of rotatable bonds is 8. The zero-order valence-electron chi connectivity index (χ0n) is 13.5. The van der Waals surface area contributed by atoms with Crippen LogP contribution in [0.2, 0.25) is 0 Å². The lowest BCUT2D eigenvalue weighted by molar-refractivity contribution is -0.124. The zero-order valence-corrected chi connectivity index (χ0v) is 14.4. The maximum absolute atomic E-state index is 12.1. The molecule has 0 radical (unpaired) electrons. The monoisotopic (exact) mass is 304 g/mol. The minimum atomic E-state index is -0.0549. The van der Waals surface area contributed by atoms with E-state index in [1.807, 2.05) is 0 Å². The van der Waals surface area contributed by atoms with Gasteiger partial charge in [-0.1, -0.05) is 39.0 Å². The molecule has 0 unspecified atom stereocenters. The first-order valence-corrected chi connectivity index (χ1v) is 8.07. The molecule has 1 aliphatic rings. The molecule has 0 atom stereocenters. The van der Waals surface area contributed by atoms with Gasteiger partial charge in [0.25, 0.3) is 0 Å². The second-order valence-electron chi connectivity index (χ2n) is 6.58. The number of carbonyl (C=O) groups is 1. The van der Waals surface area contributed by atoms with Gasteiger partial charge in [0.15, 0.2) is 0 Å². The SMILES string of the molecule is CCCCCCC(C)(C)NC(=O)CN1CCCCC1.Cl. The van der Waals surface area contributed by atoms with E-state index in [0.29, 0.717) is 6.54 Å². The predicted octanol–water partition coefficient (Wildman–Crippen LogP) is 3.76. The second-order valence-corrected chi connectivity index (χ2v) is 6.58. The summed E-state index contributed by atoms with van der Waals surface area (Å²) in [6.45, 7) is 9.28. The van der Waals surface area contributed by atoms with Gasteiger partial charge in [-0.25, -0.2) is 0 Å². The molecule has 1 heterocycles. The molecule has 1 aliphatic heterocycles. The number of piperidine rings is 1. The number of hydrogen-bond donors (Lipinski definition) is 1. The van der Waals surface area contributed by atoms with Crippen molar-refractivity contribution in [2.24, 2.45) is 0 Å². The van der Waals surface area contributed by atoms with Crippen LogP contribution in [-0.2, 0) is 4.79 Å². The molecule has 0 saturated carbocycles. The zero-order chi connectivity index (χ0) is 14.1. The van der Waals surface area contributed by atoms with Crippen LogP contribution in [0.15, 0.2) is 0 Å².